The zero-order valence-corrected chi connectivity index (χ0v) is 10.8. The lowest BCUT2D eigenvalue weighted by molar-refractivity contribution is 0.558. The first kappa shape index (κ1) is 12.8. The lowest BCUT2D eigenvalue weighted by Crippen LogP contribution is -2.27. The summed E-state index contributed by atoms with van der Waals surface area (Å²) in [6.07, 6.45) is 5.43. The van der Waals surface area contributed by atoms with E-state index in [4.69, 9.17) is 0 Å². The second-order valence-corrected chi connectivity index (χ2v) is 5.45. The molecule has 0 unspecified atom stereocenters. The van der Waals surface area contributed by atoms with Crippen LogP contribution in [-0.2, 0) is 23.0 Å². The third-order valence-electron chi connectivity index (χ3n) is 2.42. The molecule has 0 saturated carbocycles. The Balaban J connectivity index is 1.95. The molecule has 0 fully saturated rings. The number of imidazole rings is 1. The van der Waals surface area contributed by atoms with Crippen molar-refractivity contribution >= 4 is 10.0 Å². The van der Waals surface area contributed by atoms with Crippen molar-refractivity contribution < 1.29 is 8.42 Å². The van der Waals surface area contributed by atoms with E-state index in [-0.39, 0.29) is 11.6 Å². The Hall–Kier alpha value is -1.67. The highest BCUT2D eigenvalue weighted by Gasteiger charge is 2.16. The zero-order valence-electron chi connectivity index (χ0n) is 10.00. The molecule has 7 nitrogen and oxygen atoms in total. The van der Waals surface area contributed by atoms with Crippen LogP contribution < -0.4 is 4.72 Å². The molecule has 0 aliphatic rings. The molecule has 0 atom stereocenters. The number of aromatic nitrogens is 4. The molecule has 0 amide bonds. The van der Waals surface area contributed by atoms with E-state index in [2.05, 4.69) is 19.8 Å². The van der Waals surface area contributed by atoms with Gasteiger partial charge in [-0.15, -0.1) is 0 Å². The molecule has 0 aromatic carbocycles. The number of rotatable bonds is 6. The highest BCUT2D eigenvalue weighted by atomic mass is 32.2. The van der Waals surface area contributed by atoms with Gasteiger partial charge in [0.25, 0.3) is 10.0 Å². The van der Waals surface area contributed by atoms with E-state index < -0.39 is 10.0 Å². The van der Waals surface area contributed by atoms with Crippen LogP contribution in [0.4, 0.5) is 0 Å². The number of nitrogens with zero attached hydrogens (tertiary/aromatic N) is 3. The molecule has 0 saturated heterocycles. The van der Waals surface area contributed by atoms with Gasteiger partial charge in [-0.1, -0.05) is 6.92 Å². The Labute approximate surface area is 105 Å². The average molecular weight is 269 g/mol. The van der Waals surface area contributed by atoms with Crippen molar-refractivity contribution in [2.24, 2.45) is 0 Å². The normalized spacial score (nSPS) is 11.8. The van der Waals surface area contributed by atoms with E-state index in [1.807, 2.05) is 6.92 Å². The number of sulfonamides is 1. The Kier molecular flexibility index (Phi) is 3.78. The minimum atomic E-state index is -3.51. The van der Waals surface area contributed by atoms with Crippen LogP contribution in [0, 0.1) is 0 Å². The number of hydrogen-bond acceptors (Lipinski definition) is 4. The SMILES string of the molecule is CCc1ncc(S(=O)(=O)NCCn2cccn2)[nH]1. The number of aromatic amines is 1. The minimum Gasteiger partial charge on any atom is -0.332 e. The van der Waals surface area contributed by atoms with E-state index in [0.29, 0.717) is 18.8 Å². The van der Waals surface area contributed by atoms with Crippen molar-refractivity contribution in [2.45, 2.75) is 24.9 Å². The number of hydrogen-bond donors (Lipinski definition) is 2. The fourth-order valence-electron chi connectivity index (χ4n) is 1.46. The predicted octanol–water partition coefficient (Wildman–Crippen LogP) is 0.147. The molecule has 18 heavy (non-hydrogen) atoms. The minimum absolute atomic E-state index is 0.0971. The fraction of sp³-hybridized carbons (Fsp3) is 0.400. The van der Waals surface area contributed by atoms with Gasteiger partial charge in [-0.3, -0.25) is 4.68 Å². The van der Waals surface area contributed by atoms with E-state index in [9.17, 15) is 8.42 Å². The van der Waals surface area contributed by atoms with Crippen molar-refractivity contribution in [3.05, 3.63) is 30.5 Å². The molecule has 2 aromatic heterocycles. The first-order chi connectivity index (χ1) is 8.62. The lowest BCUT2D eigenvalue weighted by atomic mass is 10.5. The van der Waals surface area contributed by atoms with Crippen molar-refractivity contribution in [2.75, 3.05) is 6.54 Å². The third-order valence-corrected chi connectivity index (χ3v) is 3.79. The van der Waals surface area contributed by atoms with Crippen LogP contribution in [0.2, 0.25) is 0 Å². The quantitative estimate of drug-likeness (QED) is 0.780. The van der Waals surface area contributed by atoms with Gasteiger partial charge in [-0.2, -0.15) is 5.10 Å². The zero-order chi connectivity index (χ0) is 13.0. The summed E-state index contributed by atoms with van der Waals surface area (Å²) < 4.78 is 27.9. The van der Waals surface area contributed by atoms with Crippen LogP contribution in [0.15, 0.2) is 29.7 Å². The topological polar surface area (TPSA) is 92.7 Å². The van der Waals surface area contributed by atoms with Gasteiger partial charge in [0.05, 0.1) is 12.7 Å². The van der Waals surface area contributed by atoms with Crippen LogP contribution in [0.25, 0.3) is 0 Å². The second-order valence-electron chi connectivity index (χ2n) is 3.71. The Morgan fingerprint density at radius 3 is 2.94 bits per heavy atom. The van der Waals surface area contributed by atoms with Gasteiger partial charge in [0.2, 0.25) is 0 Å². The Morgan fingerprint density at radius 2 is 2.33 bits per heavy atom. The van der Waals surface area contributed by atoms with Gasteiger partial charge in [0.1, 0.15) is 5.82 Å². The molecule has 0 aliphatic carbocycles. The van der Waals surface area contributed by atoms with Gasteiger partial charge in [0.15, 0.2) is 5.03 Å². The molecule has 0 spiro atoms. The van der Waals surface area contributed by atoms with Crippen LogP contribution in [0.1, 0.15) is 12.7 Å². The standard InChI is InChI=1S/C10H15N5O2S/c1-2-9-11-8-10(14-9)18(16,17)13-5-7-15-6-3-4-12-15/h3-4,6,8,13H,2,5,7H2,1H3,(H,11,14). The maximum absolute atomic E-state index is 11.9. The number of aryl methyl sites for hydroxylation is 1. The van der Waals surface area contributed by atoms with Crippen LogP contribution in [0.3, 0.4) is 0 Å². The molecule has 98 valence electrons. The van der Waals surface area contributed by atoms with E-state index >= 15 is 0 Å². The second kappa shape index (κ2) is 5.32. The summed E-state index contributed by atoms with van der Waals surface area (Å²) in [5.41, 5.74) is 0. The molecular weight excluding hydrogens is 254 g/mol. The Bertz CT molecular complexity index is 588. The van der Waals surface area contributed by atoms with Gasteiger partial charge < -0.3 is 4.98 Å². The first-order valence-corrected chi connectivity index (χ1v) is 7.11. The predicted molar refractivity (Wildman–Crippen MR) is 65.4 cm³/mol. The summed E-state index contributed by atoms with van der Waals surface area (Å²) in [6.45, 7) is 2.67. The van der Waals surface area contributed by atoms with Crippen molar-refractivity contribution in [3.8, 4) is 0 Å². The summed E-state index contributed by atoms with van der Waals surface area (Å²) in [6, 6.07) is 1.79. The van der Waals surface area contributed by atoms with Gasteiger partial charge in [0, 0.05) is 25.4 Å². The smallest absolute Gasteiger partial charge is 0.257 e. The van der Waals surface area contributed by atoms with Gasteiger partial charge in [-0.25, -0.2) is 18.1 Å². The number of H-pyrrole nitrogens is 1. The summed E-state index contributed by atoms with van der Waals surface area (Å²) in [5, 5.41) is 4.08. The van der Waals surface area contributed by atoms with Crippen LogP contribution in [0.5, 0.6) is 0 Å². The molecule has 2 rings (SSSR count). The molecule has 0 aliphatic heterocycles. The van der Waals surface area contributed by atoms with Gasteiger partial charge in [-0.05, 0) is 6.07 Å². The highest BCUT2D eigenvalue weighted by molar-refractivity contribution is 7.89. The summed E-state index contributed by atoms with van der Waals surface area (Å²) >= 11 is 0. The summed E-state index contributed by atoms with van der Waals surface area (Å²) in [7, 11) is -3.51. The fourth-order valence-corrected chi connectivity index (χ4v) is 2.42. The monoisotopic (exact) mass is 269 g/mol. The molecule has 2 N–H and O–H groups in total. The first-order valence-electron chi connectivity index (χ1n) is 5.63. The molecule has 0 radical (unpaired) electrons. The molecular formula is C10H15N5O2S. The molecule has 2 heterocycles. The largest absolute Gasteiger partial charge is 0.332 e. The average Bonchev–Trinajstić information content (AvgIpc) is 2.99. The van der Waals surface area contributed by atoms with Crippen molar-refractivity contribution in [1.82, 2.24) is 24.5 Å². The van der Waals surface area contributed by atoms with Crippen LogP contribution in [-0.4, -0.2) is 34.7 Å². The summed E-state index contributed by atoms with van der Waals surface area (Å²) in [5.74, 6) is 0.655. The molecule has 0 bridgehead atoms. The molecule has 2 aromatic rings. The maximum Gasteiger partial charge on any atom is 0.257 e. The van der Waals surface area contributed by atoms with Gasteiger partial charge >= 0.3 is 0 Å². The molecule has 8 heteroatoms. The van der Waals surface area contributed by atoms with E-state index in [1.54, 1.807) is 23.1 Å². The third kappa shape index (κ3) is 2.96. The maximum atomic E-state index is 11.9. The summed E-state index contributed by atoms with van der Waals surface area (Å²) in [4.78, 5) is 6.73. The lowest BCUT2D eigenvalue weighted by Gasteiger charge is -2.04. The highest BCUT2D eigenvalue weighted by Crippen LogP contribution is 2.05. The van der Waals surface area contributed by atoms with Crippen molar-refractivity contribution in [1.29, 1.82) is 0 Å². The Morgan fingerprint density at radius 1 is 1.50 bits per heavy atom. The number of nitrogens with one attached hydrogen (secondary N) is 2. The van der Waals surface area contributed by atoms with E-state index in [0.717, 1.165) is 0 Å². The van der Waals surface area contributed by atoms with E-state index in [1.165, 1.54) is 6.20 Å². The van der Waals surface area contributed by atoms with Crippen LogP contribution >= 0.6 is 0 Å². The van der Waals surface area contributed by atoms with Crippen molar-refractivity contribution in [3.63, 3.8) is 0 Å².